The molecule has 0 saturated carbocycles. The van der Waals surface area contributed by atoms with Crippen molar-refractivity contribution in [3.8, 4) is 11.5 Å². The maximum atomic E-state index is 13.3. The Kier molecular flexibility index (Phi) is 19.7. The predicted octanol–water partition coefficient (Wildman–Crippen LogP) is 1.95. The Balaban J connectivity index is 0.00000352. The van der Waals surface area contributed by atoms with Crippen LogP contribution < -0.4 is 21.3 Å². The van der Waals surface area contributed by atoms with Crippen molar-refractivity contribution in [1.29, 1.82) is 0 Å². The Morgan fingerprint density at radius 1 is 0.406 bits per heavy atom. The van der Waals surface area contributed by atoms with Crippen LogP contribution in [0.4, 0.5) is 27.5 Å². The summed E-state index contributed by atoms with van der Waals surface area (Å²) in [7, 11) is -19.7. The van der Waals surface area contributed by atoms with Gasteiger partial charge >= 0.3 is 124 Å². The summed E-state index contributed by atoms with van der Waals surface area (Å²) >= 11 is 0. The summed E-state index contributed by atoms with van der Waals surface area (Å²) in [5.74, 6) is -3.46. The van der Waals surface area contributed by atoms with Crippen molar-refractivity contribution in [1.82, 2.24) is 0 Å². The summed E-state index contributed by atoms with van der Waals surface area (Å²) in [6, 6.07) is 15.5. The zero-order valence-electron chi connectivity index (χ0n) is 29.5. The number of rotatable bonds is 10. The third kappa shape index (κ3) is 13.7. The Bertz CT molecular complexity index is 3100. The molecule has 0 radical (unpaired) electrons. The Morgan fingerprint density at radius 2 is 0.703 bits per heavy atom. The molecule has 21 nitrogen and oxygen atoms in total. The summed E-state index contributed by atoms with van der Waals surface area (Å²) in [6.07, 6.45) is 0. The van der Waals surface area contributed by atoms with Crippen molar-refractivity contribution >= 4 is 221 Å². The first-order chi connectivity index (χ1) is 27.8. The summed E-state index contributed by atoms with van der Waals surface area (Å²) < 4.78 is 133. The fourth-order valence-corrected chi connectivity index (χ4v) is 7.99. The second-order valence-corrected chi connectivity index (χ2v) is 18.3. The molecule has 0 saturated heterocycles. The number of urea groups is 1. The first-order valence-corrected chi connectivity index (χ1v) is 22.0. The van der Waals surface area contributed by atoms with E-state index >= 15 is 0 Å². The number of hydrogen-bond acceptors (Lipinski definition) is 13. The van der Waals surface area contributed by atoms with Gasteiger partial charge in [-0.25, -0.2) is 4.79 Å². The fraction of sp³-hybridized carbons (Fsp3) is 0. The van der Waals surface area contributed by atoms with E-state index in [9.17, 15) is 76.5 Å². The van der Waals surface area contributed by atoms with E-state index in [1.807, 2.05) is 0 Å². The Hall–Kier alpha value is -2.71. The van der Waals surface area contributed by atoms with Gasteiger partial charge in [0, 0.05) is 45.4 Å². The van der Waals surface area contributed by atoms with Crippen LogP contribution in [-0.4, -0.2) is 198 Å². The fourth-order valence-electron chi connectivity index (χ4n) is 5.83. The van der Waals surface area contributed by atoms with Crippen molar-refractivity contribution in [2.45, 2.75) is 19.6 Å². The number of anilines is 4. The van der Waals surface area contributed by atoms with Gasteiger partial charge in [-0.15, -0.1) is 0 Å². The average Bonchev–Trinajstić information content (AvgIpc) is 3.12. The average molecular weight is 999 g/mol. The number of amides is 4. The van der Waals surface area contributed by atoms with Crippen LogP contribution in [0.2, 0.25) is 0 Å². The van der Waals surface area contributed by atoms with Crippen molar-refractivity contribution in [3.63, 3.8) is 0 Å². The van der Waals surface area contributed by atoms with E-state index < -0.39 is 101 Å². The molecule has 0 fully saturated rings. The van der Waals surface area contributed by atoms with Crippen LogP contribution in [0.3, 0.4) is 0 Å². The van der Waals surface area contributed by atoms with Gasteiger partial charge in [0.15, 0.2) is 0 Å². The number of nitrogens with one attached hydrogen (secondary N) is 4. The Labute approximate surface area is 452 Å². The third-order valence-corrected chi connectivity index (χ3v) is 11.7. The molecule has 6 aromatic rings. The molecular formula is C35H30N4Na4O17S4. The number of phenolic OH excluding ortho intramolecular Hbond substituents is 2. The second-order valence-electron chi connectivity index (χ2n) is 12.6. The Morgan fingerprint density at radius 3 is 1.00 bits per heavy atom. The van der Waals surface area contributed by atoms with Gasteiger partial charge in [-0.2, -0.15) is 33.7 Å². The number of carbonyl (C=O) groups is 3. The molecule has 6 rings (SSSR count). The van der Waals surface area contributed by atoms with Crippen LogP contribution in [0.1, 0.15) is 20.7 Å². The number of phenols is 2. The zero-order chi connectivity index (χ0) is 44.1. The van der Waals surface area contributed by atoms with Crippen LogP contribution in [-0.2, 0) is 40.5 Å². The van der Waals surface area contributed by atoms with Crippen LogP contribution in [0, 0.1) is 0 Å². The summed E-state index contributed by atoms with van der Waals surface area (Å²) in [5, 5.41) is 29.7. The van der Waals surface area contributed by atoms with Crippen LogP contribution in [0.15, 0.2) is 117 Å². The first kappa shape index (κ1) is 57.4. The molecule has 0 unspecified atom stereocenters. The quantitative estimate of drug-likeness (QED) is 0.0692. The molecule has 320 valence electrons. The van der Waals surface area contributed by atoms with E-state index in [2.05, 4.69) is 21.3 Å². The summed E-state index contributed by atoms with van der Waals surface area (Å²) in [5.41, 5.74) is -1.03. The van der Waals surface area contributed by atoms with Crippen LogP contribution in [0.5, 0.6) is 11.5 Å². The second kappa shape index (κ2) is 21.9. The predicted molar refractivity (Wildman–Crippen MR) is 241 cm³/mol. The minimum absolute atomic E-state index is 0. The van der Waals surface area contributed by atoms with Gasteiger partial charge in [-0.1, -0.05) is 12.1 Å². The molecule has 64 heavy (non-hydrogen) atoms. The standard InChI is InChI=1S/C35H26N4O17S4.4Na.4H/c40-29-15-25(59(51,52)53)11-19-9-23(57(45,46)47)13-27(31(19)29)38-33(42)17-3-1-5-21(7-17)36-35(44)37-22-6-2-4-18(8-22)34(43)39-28-14-24(58(48,49)50)10-20-12-26(60(54,55)56)16-30(41)32(20)28;;;;;;;;/h1-16,40-41H,(H,38,42)(H,39,43)(H2,36,37,44)(H,45,46,47)(H,48,49,50)(H,51,52,53)(H,54,55,56);;;;;;;;. The van der Waals surface area contributed by atoms with Gasteiger partial charge < -0.3 is 31.5 Å². The van der Waals surface area contributed by atoms with E-state index in [4.69, 9.17) is 0 Å². The summed E-state index contributed by atoms with van der Waals surface area (Å²) in [4.78, 5) is 36.4. The molecular weight excluding hydrogens is 969 g/mol. The van der Waals surface area contributed by atoms with Crippen LogP contribution >= 0.6 is 0 Å². The minimum atomic E-state index is -4.95. The molecule has 29 heteroatoms. The van der Waals surface area contributed by atoms with E-state index in [0.29, 0.717) is 12.1 Å². The molecule has 0 bridgehead atoms. The van der Waals surface area contributed by atoms with E-state index in [0.717, 1.165) is 36.4 Å². The van der Waals surface area contributed by atoms with Crippen molar-refractivity contribution < 1.29 is 76.5 Å². The maximum absolute atomic E-state index is 13.3. The molecule has 0 heterocycles. The number of aromatic hydroxyl groups is 2. The molecule has 0 aliphatic heterocycles. The van der Waals surface area contributed by atoms with E-state index in [-0.39, 0.29) is 162 Å². The normalized spacial score (nSPS) is 11.4. The van der Waals surface area contributed by atoms with E-state index in [1.54, 1.807) is 0 Å². The monoisotopic (exact) mass is 998 g/mol. The molecule has 4 amide bonds. The SMILES string of the molecule is O=C(Nc1cccc(C(=O)Nc2cc(S(=O)(=O)O)cc3cc(S(=O)(=O)O)cc(O)c23)c1)Nc1cccc(C(=O)Nc2cc(S(=O)(=O)O)cc3cc(S(=O)(=O)O)cc(O)c23)c1.[NaH].[NaH].[NaH].[NaH]. The van der Waals surface area contributed by atoms with Crippen molar-refractivity contribution in [3.05, 3.63) is 108 Å². The molecule has 0 atom stereocenters. The number of hydrogen-bond donors (Lipinski definition) is 10. The van der Waals surface area contributed by atoms with Gasteiger partial charge in [0.25, 0.3) is 52.3 Å². The molecule has 0 aromatic heterocycles. The third-order valence-electron chi connectivity index (χ3n) is 8.40. The number of benzene rings is 6. The van der Waals surface area contributed by atoms with Crippen LogP contribution in [0.25, 0.3) is 21.5 Å². The van der Waals surface area contributed by atoms with Gasteiger partial charge in [-0.3, -0.25) is 27.8 Å². The molecule has 0 aliphatic rings. The number of fused-ring (bicyclic) bond motifs is 2. The topological polar surface area (TPSA) is 357 Å². The summed E-state index contributed by atoms with van der Waals surface area (Å²) in [6.45, 7) is 0. The molecule has 0 spiro atoms. The van der Waals surface area contributed by atoms with Gasteiger partial charge in [-0.05, 0) is 83.6 Å². The van der Waals surface area contributed by atoms with Gasteiger partial charge in [0.1, 0.15) is 11.5 Å². The van der Waals surface area contributed by atoms with Crippen molar-refractivity contribution in [2.24, 2.45) is 0 Å². The molecule has 0 aliphatic carbocycles. The molecule has 6 aromatic carbocycles. The number of carbonyl (C=O) groups excluding carboxylic acids is 3. The zero-order valence-corrected chi connectivity index (χ0v) is 32.8. The van der Waals surface area contributed by atoms with Gasteiger partial charge in [0.2, 0.25) is 0 Å². The van der Waals surface area contributed by atoms with Crippen molar-refractivity contribution in [2.75, 3.05) is 21.3 Å². The molecule has 10 N–H and O–H groups in total. The van der Waals surface area contributed by atoms with Gasteiger partial charge in [0.05, 0.1) is 31.0 Å². The van der Waals surface area contributed by atoms with E-state index in [1.165, 1.54) is 48.5 Å². The first-order valence-electron chi connectivity index (χ1n) is 16.2.